The van der Waals surface area contributed by atoms with E-state index in [0.29, 0.717) is 18.2 Å². The minimum atomic E-state index is -0.218. The quantitative estimate of drug-likeness (QED) is 0.874. The Labute approximate surface area is 148 Å². The number of anilines is 1. The molecule has 25 heavy (non-hydrogen) atoms. The zero-order valence-corrected chi connectivity index (χ0v) is 14.7. The fourth-order valence-electron chi connectivity index (χ4n) is 3.29. The Morgan fingerprint density at radius 3 is 2.96 bits per heavy atom. The standard InChI is InChI=1S/C19H25N5O/c1-2-15-12-18(23-19(22-15)16-7-3-4-10-21-16)24-11-5-6-14(13-24)8-9-17(20)25/h3-4,7,10,12,14H,2,5-6,8-9,11,13H2,1H3,(H2,20,25). The van der Waals surface area contributed by atoms with E-state index in [9.17, 15) is 4.79 Å². The summed E-state index contributed by atoms with van der Waals surface area (Å²) in [6.07, 6.45) is 6.18. The lowest BCUT2D eigenvalue weighted by atomic mass is 9.93. The van der Waals surface area contributed by atoms with Gasteiger partial charge in [0.15, 0.2) is 5.82 Å². The average molecular weight is 339 g/mol. The first-order valence-electron chi connectivity index (χ1n) is 8.98. The van der Waals surface area contributed by atoms with Crippen LogP contribution in [0.1, 0.15) is 38.3 Å². The smallest absolute Gasteiger partial charge is 0.217 e. The molecule has 1 atom stereocenters. The molecule has 2 aromatic rings. The molecule has 0 spiro atoms. The fraction of sp³-hybridized carbons (Fsp3) is 0.474. The third kappa shape index (κ3) is 4.53. The first-order chi connectivity index (χ1) is 12.2. The molecule has 2 N–H and O–H groups in total. The molecule has 6 heteroatoms. The predicted molar refractivity (Wildman–Crippen MR) is 98.0 cm³/mol. The minimum absolute atomic E-state index is 0.218. The molecule has 0 aliphatic carbocycles. The highest BCUT2D eigenvalue weighted by Crippen LogP contribution is 2.26. The van der Waals surface area contributed by atoms with Crippen LogP contribution < -0.4 is 10.6 Å². The van der Waals surface area contributed by atoms with E-state index >= 15 is 0 Å². The Bertz CT molecular complexity index is 719. The molecule has 0 aromatic carbocycles. The van der Waals surface area contributed by atoms with Crippen molar-refractivity contribution in [3.63, 3.8) is 0 Å². The summed E-state index contributed by atoms with van der Waals surface area (Å²) in [5.74, 6) is 1.90. The summed E-state index contributed by atoms with van der Waals surface area (Å²) >= 11 is 0. The summed E-state index contributed by atoms with van der Waals surface area (Å²) in [4.78, 5) is 27.1. The first kappa shape index (κ1) is 17.3. The number of amides is 1. The van der Waals surface area contributed by atoms with Gasteiger partial charge < -0.3 is 10.6 Å². The van der Waals surface area contributed by atoms with Crippen molar-refractivity contribution in [3.8, 4) is 11.5 Å². The number of aromatic nitrogens is 3. The van der Waals surface area contributed by atoms with Crippen molar-refractivity contribution in [1.82, 2.24) is 15.0 Å². The SMILES string of the molecule is CCc1cc(N2CCCC(CCC(N)=O)C2)nc(-c2ccccn2)n1. The Kier molecular flexibility index (Phi) is 5.58. The summed E-state index contributed by atoms with van der Waals surface area (Å²) in [6.45, 7) is 3.99. The lowest BCUT2D eigenvalue weighted by Gasteiger charge is -2.33. The molecule has 3 heterocycles. The minimum Gasteiger partial charge on any atom is -0.370 e. The second-order valence-electron chi connectivity index (χ2n) is 6.57. The van der Waals surface area contributed by atoms with Gasteiger partial charge in [0.25, 0.3) is 0 Å². The number of primary amides is 1. The number of carbonyl (C=O) groups excluding carboxylic acids is 1. The van der Waals surface area contributed by atoms with Gasteiger partial charge >= 0.3 is 0 Å². The van der Waals surface area contributed by atoms with Crippen LogP contribution in [0.3, 0.4) is 0 Å². The molecule has 1 fully saturated rings. The Balaban J connectivity index is 1.82. The molecule has 132 valence electrons. The molecule has 1 amide bonds. The lowest BCUT2D eigenvalue weighted by molar-refractivity contribution is -0.118. The third-order valence-corrected chi connectivity index (χ3v) is 4.66. The van der Waals surface area contributed by atoms with Crippen molar-refractivity contribution >= 4 is 11.7 Å². The van der Waals surface area contributed by atoms with Gasteiger partial charge in [0.2, 0.25) is 5.91 Å². The monoisotopic (exact) mass is 339 g/mol. The maximum absolute atomic E-state index is 11.1. The van der Waals surface area contributed by atoms with Crippen molar-refractivity contribution in [3.05, 3.63) is 36.2 Å². The van der Waals surface area contributed by atoms with Crippen molar-refractivity contribution in [2.45, 2.75) is 39.0 Å². The molecule has 3 rings (SSSR count). The molecule has 0 saturated carbocycles. The van der Waals surface area contributed by atoms with Gasteiger partial charge in [-0.3, -0.25) is 9.78 Å². The Morgan fingerprint density at radius 2 is 2.24 bits per heavy atom. The van der Waals surface area contributed by atoms with E-state index < -0.39 is 0 Å². The van der Waals surface area contributed by atoms with E-state index in [4.69, 9.17) is 10.7 Å². The predicted octanol–water partition coefficient (Wildman–Crippen LogP) is 2.58. The largest absolute Gasteiger partial charge is 0.370 e. The highest BCUT2D eigenvalue weighted by molar-refractivity contribution is 5.73. The summed E-state index contributed by atoms with van der Waals surface area (Å²) in [5.41, 5.74) is 7.11. The maximum Gasteiger partial charge on any atom is 0.217 e. The maximum atomic E-state index is 11.1. The number of pyridine rings is 1. The van der Waals surface area contributed by atoms with E-state index in [1.54, 1.807) is 6.20 Å². The van der Waals surface area contributed by atoms with Gasteiger partial charge in [-0.05, 0) is 43.7 Å². The number of nitrogens with zero attached hydrogens (tertiary/aromatic N) is 4. The van der Waals surface area contributed by atoms with Crippen LogP contribution in [0.15, 0.2) is 30.5 Å². The molecule has 1 aliphatic rings. The van der Waals surface area contributed by atoms with Gasteiger partial charge in [0.05, 0.1) is 0 Å². The molecule has 6 nitrogen and oxygen atoms in total. The number of hydrogen-bond donors (Lipinski definition) is 1. The Morgan fingerprint density at radius 1 is 1.36 bits per heavy atom. The van der Waals surface area contributed by atoms with Gasteiger partial charge in [-0.1, -0.05) is 13.0 Å². The van der Waals surface area contributed by atoms with Gasteiger partial charge in [-0.2, -0.15) is 0 Å². The fourth-order valence-corrected chi connectivity index (χ4v) is 3.29. The number of aryl methyl sites for hydroxylation is 1. The highest BCUT2D eigenvalue weighted by Gasteiger charge is 2.22. The topological polar surface area (TPSA) is 85.0 Å². The van der Waals surface area contributed by atoms with Crippen LogP contribution in [-0.4, -0.2) is 33.9 Å². The molecular formula is C19H25N5O. The van der Waals surface area contributed by atoms with E-state index in [-0.39, 0.29) is 5.91 Å². The van der Waals surface area contributed by atoms with Gasteiger partial charge in [-0.15, -0.1) is 0 Å². The van der Waals surface area contributed by atoms with Crippen LogP contribution in [0, 0.1) is 5.92 Å². The Hall–Kier alpha value is -2.50. The second kappa shape index (κ2) is 8.05. The summed E-state index contributed by atoms with van der Waals surface area (Å²) in [6, 6.07) is 7.85. The number of piperidine rings is 1. The van der Waals surface area contributed by atoms with Gasteiger partial charge in [0, 0.05) is 37.5 Å². The lowest BCUT2D eigenvalue weighted by Crippen LogP contribution is -2.36. The number of carbonyl (C=O) groups is 1. The first-order valence-corrected chi connectivity index (χ1v) is 8.98. The average Bonchev–Trinajstić information content (AvgIpc) is 2.67. The molecule has 1 saturated heterocycles. The van der Waals surface area contributed by atoms with Crippen LogP contribution in [0.5, 0.6) is 0 Å². The van der Waals surface area contributed by atoms with Gasteiger partial charge in [0.1, 0.15) is 11.5 Å². The van der Waals surface area contributed by atoms with Crippen LogP contribution in [0.2, 0.25) is 0 Å². The zero-order chi connectivity index (χ0) is 17.6. The van der Waals surface area contributed by atoms with Crippen LogP contribution in [-0.2, 0) is 11.2 Å². The van der Waals surface area contributed by atoms with Gasteiger partial charge in [-0.25, -0.2) is 9.97 Å². The van der Waals surface area contributed by atoms with E-state index in [0.717, 1.165) is 56.0 Å². The van der Waals surface area contributed by atoms with Crippen molar-refractivity contribution in [1.29, 1.82) is 0 Å². The van der Waals surface area contributed by atoms with E-state index in [1.807, 2.05) is 18.2 Å². The van der Waals surface area contributed by atoms with E-state index in [2.05, 4.69) is 27.9 Å². The van der Waals surface area contributed by atoms with Crippen molar-refractivity contribution in [2.24, 2.45) is 11.7 Å². The molecule has 1 aliphatic heterocycles. The van der Waals surface area contributed by atoms with Crippen molar-refractivity contribution in [2.75, 3.05) is 18.0 Å². The number of nitrogens with two attached hydrogens (primary N) is 1. The summed E-state index contributed by atoms with van der Waals surface area (Å²) in [5, 5.41) is 0. The molecule has 0 bridgehead atoms. The summed E-state index contributed by atoms with van der Waals surface area (Å²) < 4.78 is 0. The van der Waals surface area contributed by atoms with Crippen LogP contribution in [0.25, 0.3) is 11.5 Å². The summed E-state index contributed by atoms with van der Waals surface area (Å²) in [7, 11) is 0. The number of rotatable bonds is 6. The third-order valence-electron chi connectivity index (χ3n) is 4.66. The molecule has 1 unspecified atom stereocenters. The number of hydrogen-bond acceptors (Lipinski definition) is 5. The normalized spacial score (nSPS) is 17.5. The molecular weight excluding hydrogens is 314 g/mol. The zero-order valence-electron chi connectivity index (χ0n) is 14.7. The van der Waals surface area contributed by atoms with E-state index in [1.165, 1.54) is 0 Å². The van der Waals surface area contributed by atoms with Crippen LogP contribution >= 0.6 is 0 Å². The molecule has 2 aromatic heterocycles. The highest BCUT2D eigenvalue weighted by atomic mass is 16.1. The van der Waals surface area contributed by atoms with Crippen molar-refractivity contribution < 1.29 is 4.79 Å². The second-order valence-corrected chi connectivity index (χ2v) is 6.57. The molecule has 0 radical (unpaired) electrons. The van der Waals surface area contributed by atoms with Crippen LogP contribution in [0.4, 0.5) is 5.82 Å².